The molecule has 4 atom stereocenters. The maximum Gasteiger partial charge on any atom is 0.303 e. The van der Waals surface area contributed by atoms with Gasteiger partial charge in [0.1, 0.15) is 0 Å². The maximum atomic E-state index is 11.8. The molecule has 2 aromatic rings. The van der Waals surface area contributed by atoms with Gasteiger partial charge in [-0.2, -0.15) is 0 Å². The minimum absolute atomic E-state index is 0.0639. The molecule has 2 N–H and O–H groups in total. The van der Waals surface area contributed by atoms with E-state index in [0.717, 1.165) is 25.9 Å². The molecule has 6 rings (SSSR count). The van der Waals surface area contributed by atoms with Gasteiger partial charge in [0.2, 0.25) is 0 Å². The largest absolute Gasteiger partial charge is 0.481 e. The van der Waals surface area contributed by atoms with Crippen molar-refractivity contribution in [3.05, 3.63) is 71.3 Å². The summed E-state index contributed by atoms with van der Waals surface area (Å²) in [5.41, 5.74) is 3.94. The second-order valence-corrected chi connectivity index (χ2v) is 8.00. The van der Waals surface area contributed by atoms with Crippen LogP contribution in [0.1, 0.15) is 41.9 Å². The van der Waals surface area contributed by atoms with Gasteiger partial charge in [-0.3, -0.25) is 4.79 Å². The summed E-state index contributed by atoms with van der Waals surface area (Å²) in [6.45, 7) is 1.73. The summed E-state index contributed by atoms with van der Waals surface area (Å²) in [5, 5.41) is 13.3. The smallest absolute Gasteiger partial charge is 0.303 e. The molecule has 4 aliphatic rings. The Bertz CT molecular complexity index is 833. The lowest BCUT2D eigenvalue weighted by molar-refractivity contribution is -0.142. The molecule has 0 amide bonds. The van der Waals surface area contributed by atoms with E-state index >= 15 is 0 Å². The standard InChI is InChI=1S/C22H23NO2/c24-20(25)12-21-14-23-13-19(21)22(15-6-2-1-3-7-15)11-10-17(21)16-8-4-5-9-18(16)22/h1-9,17,19,23H,10-14H2,(H,24,25). The number of carbonyl (C=O) groups is 1. The van der Waals surface area contributed by atoms with Crippen molar-refractivity contribution in [1.82, 2.24) is 5.32 Å². The fourth-order valence-corrected chi connectivity index (χ4v) is 6.46. The van der Waals surface area contributed by atoms with Gasteiger partial charge in [0.05, 0.1) is 6.42 Å². The molecule has 25 heavy (non-hydrogen) atoms. The topological polar surface area (TPSA) is 49.3 Å². The number of benzene rings is 2. The Labute approximate surface area is 148 Å². The molecule has 0 spiro atoms. The molecule has 1 heterocycles. The van der Waals surface area contributed by atoms with Crippen molar-refractivity contribution >= 4 is 5.97 Å². The summed E-state index contributed by atoms with van der Waals surface area (Å²) in [4.78, 5) is 11.8. The molecule has 2 aromatic carbocycles. The normalized spacial score (nSPS) is 35.2. The van der Waals surface area contributed by atoms with Crippen LogP contribution in [0.15, 0.2) is 54.6 Å². The van der Waals surface area contributed by atoms with E-state index in [0.29, 0.717) is 11.8 Å². The summed E-state index contributed by atoms with van der Waals surface area (Å²) < 4.78 is 0. The molecule has 128 valence electrons. The summed E-state index contributed by atoms with van der Waals surface area (Å²) >= 11 is 0. The van der Waals surface area contributed by atoms with Crippen LogP contribution in [0.25, 0.3) is 0 Å². The molecule has 1 saturated heterocycles. The van der Waals surface area contributed by atoms with Crippen molar-refractivity contribution in [3.63, 3.8) is 0 Å². The van der Waals surface area contributed by atoms with Gasteiger partial charge < -0.3 is 10.4 Å². The van der Waals surface area contributed by atoms with Crippen LogP contribution in [-0.2, 0) is 10.2 Å². The molecule has 3 aliphatic carbocycles. The second kappa shape index (κ2) is 5.18. The quantitative estimate of drug-likeness (QED) is 0.903. The first kappa shape index (κ1) is 15.2. The summed E-state index contributed by atoms with van der Waals surface area (Å²) in [6, 6.07) is 19.6. The van der Waals surface area contributed by atoms with Crippen LogP contribution in [0, 0.1) is 11.3 Å². The average molecular weight is 333 g/mol. The Morgan fingerprint density at radius 3 is 2.68 bits per heavy atom. The lowest BCUT2D eigenvalue weighted by Crippen LogP contribution is -2.57. The lowest BCUT2D eigenvalue weighted by Gasteiger charge is -2.61. The van der Waals surface area contributed by atoms with E-state index < -0.39 is 5.97 Å². The zero-order chi connectivity index (χ0) is 17.1. The van der Waals surface area contributed by atoms with Gasteiger partial charge in [-0.1, -0.05) is 54.6 Å². The SMILES string of the molecule is O=C(O)CC12CNCC1C1(c3ccccc3)CCC2c2ccccc21. The molecule has 0 aromatic heterocycles. The van der Waals surface area contributed by atoms with Crippen LogP contribution in [0.5, 0.6) is 0 Å². The Hall–Kier alpha value is -2.13. The first-order valence-electron chi connectivity index (χ1n) is 9.26. The Morgan fingerprint density at radius 2 is 1.88 bits per heavy atom. The summed E-state index contributed by atoms with van der Waals surface area (Å²) in [5.74, 6) is 0.0273. The van der Waals surface area contributed by atoms with Crippen molar-refractivity contribution < 1.29 is 9.90 Å². The van der Waals surface area contributed by atoms with Gasteiger partial charge in [0.15, 0.2) is 0 Å². The van der Waals surface area contributed by atoms with E-state index in [1.165, 1.54) is 16.7 Å². The minimum Gasteiger partial charge on any atom is -0.481 e. The van der Waals surface area contributed by atoms with E-state index in [1.807, 2.05) is 0 Å². The van der Waals surface area contributed by atoms with Gasteiger partial charge in [-0.05, 0) is 47.9 Å². The van der Waals surface area contributed by atoms with Crippen LogP contribution in [0.3, 0.4) is 0 Å². The molecule has 3 heteroatoms. The van der Waals surface area contributed by atoms with Crippen LogP contribution in [0.2, 0.25) is 0 Å². The average Bonchev–Trinajstić information content (AvgIpc) is 3.08. The highest BCUT2D eigenvalue weighted by Gasteiger charge is 2.65. The van der Waals surface area contributed by atoms with Crippen molar-refractivity contribution in [3.8, 4) is 0 Å². The monoisotopic (exact) mass is 333 g/mol. The number of rotatable bonds is 3. The zero-order valence-corrected chi connectivity index (χ0v) is 14.2. The Kier molecular flexibility index (Phi) is 3.14. The van der Waals surface area contributed by atoms with Crippen LogP contribution in [0.4, 0.5) is 0 Å². The second-order valence-electron chi connectivity index (χ2n) is 8.00. The van der Waals surface area contributed by atoms with Crippen molar-refractivity contribution in [2.45, 2.75) is 30.6 Å². The number of fused-ring (bicyclic) bond motifs is 1. The zero-order valence-electron chi connectivity index (χ0n) is 14.2. The van der Waals surface area contributed by atoms with Crippen LogP contribution in [-0.4, -0.2) is 24.2 Å². The highest BCUT2D eigenvalue weighted by molar-refractivity contribution is 5.69. The Balaban J connectivity index is 1.81. The van der Waals surface area contributed by atoms with Gasteiger partial charge >= 0.3 is 5.97 Å². The molecule has 3 nitrogen and oxygen atoms in total. The fraction of sp³-hybridized carbons (Fsp3) is 0.409. The number of nitrogens with one attached hydrogen (secondary N) is 1. The highest BCUT2D eigenvalue weighted by atomic mass is 16.4. The van der Waals surface area contributed by atoms with Crippen LogP contribution < -0.4 is 5.32 Å². The first-order chi connectivity index (χ1) is 12.2. The van der Waals surface area contributed by atoms with E-state index in [-0.39, 0.29) is 17.3 Å². The fourth-order valence-electron chi connectivity index (χ4n) is 6.46. The van der Waals surface area contributed by atoms with Crippen LogP contribution >= 0.6 is 0 Å². The third-order valence-corrected chi connectivity index (χ3v) is 7.20. The molecule has 2 bridgehead atoms. The predicted octanol–water partition coefficient (Wildman–Crippen LogP) is 3.54. The highest BCUT2D eigenvalue weighted by Crippen LogP contribution is 2.68. The van der Waals surface area contributed by atoms with Crippen molar-refractivity contribution in [1.29, 1.82) is 0 Å². The van der Waals surface area contributed by atoms with E-state index in [2.05, 4.69) is 59.9 Å². The maximum absolute atomic E-state index is 11.8. The molecule has 0 radical (unpaired) electrons. The van der Waals surface area contributed by atoms with Crippen molar-refractivity contribution in [2.24, 2.45) is 11.3 Å². The summed E-state index contributed by atoms with van der Waals surface area (Å²) in [7, 11) is 0. The third-order valence-electron chi connectivity index (χ3n) is 7.20. The third kappa shape index (κ3) is 1.82. The number of carboxylic acids is 1. The molecule has 2 fully saturated rings. The summed E-state index contributed by atoms with van der Waals surface area (Å²) in [6.07, 6.45) is 2.46. The van der Waals surface area contributed by atoms with Crippen molar-refractivity contribution in [2.75, 3.05) is 13.1 Å². The van der Waals surface area contributed by atoms with Gasteiger partial charge in [0.25, 0.3) is 0 Å². The van der Waals surface area contributed by atoms with Gasteiger partial charge in [-0.15, -0.1) is 0 Å². The van der Waals surface area contributed by atoms with E-state index in [1.54, 1.807) is 0 Å². The number of aliphatic carboxylic acids is 1. The molecular weight excluding hydrogens is 310 g/mol. The van der Waals surface area contributed by atoms with E-state index in [4.69, 9.17) is 0 Å². The number of hydrogen-bond donors (Lipinski definition) is 2. The van der Waals surface area contributed by atoms with Gasteiger partial charge in [-0.25, -0.2) is 0 Å². The predicted molar refractivity (Wildman–Crippen MR) is 96.7 cm³/mol. The van der Waals surface area contributed by atoms with E-state index in [9.17, 15) is 9.90 Å². The molecule has 4 unspecified atom stereocenters. The number of hydrogen-bond acceptors (Lipinski definition) is 2. The first-order valence-corrected chi connectivity index (χ1v) is 9.26. The Morgan fingerprint density at radius 1 is 1.12 bits per heavy atom. The molecule has 1 aliphatic heterocycles. The number of carboxylic acid groups (broad SMARTS) is 1. The minimum atomic E-state index is -0.665. The lowest BCUT2D eigenvalue weighted by atomic mass is 9.41. The molecule has 1 saturated carbocycles. The van der Waals surface area contributed by atoms with Gasteiger partial charge in [0, 0.05) is 17.4 Å². The molecular formula is C22H23NO2.